The second-order valence-corrected chi connectivity index (χ2v) is 4.27. The average molecular weight is 262 g/mol. The molecule has 1 atom stereocenters. The Bertz CT molecular complexity index is 386. The predicted molar refractivity (Wildman–Crippen MR) is 62.6 cm³/mol. The molecule has 0 bridgehead atoms. The molecule has 0 saturated heterocycles. The molecule has 0 saturated carbocycles. The minimum Gasteiger partial charge on any atom is -0.493 e. The van der Waals surface area contributed by atoms with Crippen LogP contribution >= 0.6 is 0 Å². The molecule has 0 unspecified atom stereocenters. The Kier molecular flexibility index (Phi) is 5.02. The van der Waals surface area contributed by atoms with Crippen molar-refractivity contribution in [2.45, 2.75) is 39.0 Å². The molecule has 0 aromatic heterocycles. The van der Waals surface area contributed by atoms with Gasteiger partial charge in [0.05, 0.1) is 12.7 Å². The molecule has 0 aliphatic rings. The summed E-state index contributed by atoms with van der Waals surface area (Å²) in [5.74, 6) is 0.557. The number of hydrogen-bond acceptors (Lipinski definition) is 2. The molecule has 102 valence electrons. The Morgan fingerprint density at radius 1 is 1.33 bits per heavy atom. The lowest BCUT2D eigenvalue weighted by Gasteiger charge is -2.12. The number of aryl methyl sites for hydroxylation is 1. The van der Waals surface area contributed by atoms with E-state index in [-0.39, 0.29) is 13.0 Å². The van der Waals surface area contributed by atoms with E-state index < -0.39 is 18.7 Å². The van der Waals surface area contributed by atoms with Crippen molar-refractivity contribution in [2.75, 3.05) is 6.61 Å². The lowest BCUT2D eigenvalue weighted by Crippen LogP contribution is -2.10. The molecular weight excluding hydrogens is 245 g/mol. The minimum absolute atomic E-state index is 0.0361. The van der Waals surface area contributed by atoms with Gasteiger partial charge in [0.15, 0.2) is 0 Å². The normalized spacial score (nSPS) is 13.4. The van der Waals surface area contributed by atoms with E-state index in [0.29, 0.717) is 5.75 Å². The smallest absolute Gasteiger partial charge is 0.389 e. The largest absolute Gasteiger partial charge is 0.493 e. The van der Waals surface area contributed by atoms with Gasteiger partial charge in [-0.3, -0.25) is 0 Å². The maximum atomic E-state index is 11.9. The van der Waals surface area contributed by atoms with E-state index in [2.05, 4.69) is 0 Å². The van der Waals surface area contributed by atoms with Crippen molar-refractivity contribution >= 4 is 0 Å². The van der Waals surface area contributed by atoms with Crippen molar-refractivity contribution in [2.24, 2.45) is 0 Å². The summed E-state index contributed by atoms with van der Waals surface area (Å²) < 4.78 is 41.0. The molecule has 2 nitrogen and oxygen atoms in total. The van der Waals surface area contributed by atoms with Crippen LogP contribution in [0.5, 0.6) is 5.75 Å². The highest BCUT2D eigenvalue weighted by Gasteiger charge is 2.26. The van der Waals surface area contributed by atoms with Crippen molar-refractivity contribution in [1.82, 2.24) is 0 Å². The monoisotopic (exact) mass is 262 g/mol. The third kappa shape index (κ3) is 4.96. The lowest BCUT2D eigenvalue weighted by atomic mass is 10.1. The number of benzene rings is 1. The Morgan fingerprint density at radius 3 is 2.50 bits per heavy atom. The molecular formula is C13H17F3O2. The van der Waals surface area contributed by atoms with Crippen molar-refractivity contribution < 1.29 is 23.0 Å². The number of aliphatic hydroxyl groups is 1. The van der Waals surface area contributed by atoms with Crippen molar-refractivity contribution in [1.29, 1.82) is 0 Å². The summed E-state index contributed by atoms with van der Waals surface area (Å²) >= 11 is 0. The van der Waals surface area contributed by atoms with Crippen molar-refractivity contribution in [3.05, 3.63) is 29.3 Å². The standard InChI is InChI=1S/C13H17F3O2/c1-9-8-11(10(2)17)4-5-12(9)18-7-3-6-13(14,15)16/h4-5,8,10,17H,3,6-7H2,1-2H3/t10-/m1/s1. The predicted octanol–water partition coefficient (Wildman–Crippen LogP) is 3.77. The fourth-order valence-corrected chi connectivity index (χ4v) is 1.55. The van der Waals surface area contributed by atoms with Gasteiger partial charge >= 0.3 is 6.18 Å². The number of hydrogen-bond donors (Lipinski definition) is 1. The summed E-state index contributed by atoms with van der Waals surface area (Å²) in [4.78, 5) is 0. The summed E-state index contributed by atoms with van der Waals surface area (Å²) in [6, 6.07) is 5.14. The van der Waals surface area contributed by atoms with Gasteiger partial charge in [-0.1, -0.05) is 6.07 Å². The summed E-state index contributed by atoms with van der Waals surface area (Å²) in [6.07, 6.45) is -5.59. The molecule has 18 heavy (non-hydrogen) atoms. The first-order valence-corrected chi connectivity index (χ1v) is 5.78. The zero-order valence-electron chi connectivity index (χ0n) is 10.4. The number of halogens is 3. The van der Waals surface area contributed by atoms with Gasteiger partial charge in [-0.2, -0.15) is 13.2 Å². The molecule has 0 aliphatic carbocycles. The Morgan fingerprint density at radius 2 is 2.00 bits per heavy atom. The lowest BCUT2D eigenvalue weighted by molar-refractivity contribution is -0.136. The fourth-order valence-electron chi connectivity index (χ4n) is 1.55. The third-order valence-electron chi connectivity index (χ3n) is 2.54. The van der Waals surface area contributed by atoms with Crippen LogP contribution in [0, 0.1) is 6.92 Å². The molecule has 1 aromatic carbocycles. The molecule has 0 spiro atoms. The zero-order valence-corrected chi connectivity index (χ0v) is 10.4. The average Bonchev–Trinajstić information content (AvgIpc) is 2.24. The van der Waals surface area contributed by atoms with Gasteiger partial charge < -0.3 is 9.84 Å². The highest BCUT2D eigenvalue weighted by molar-refractivity contribution is 5.36. The fraction of sp³-hybridized carbons (Fsp3) is 0.538. The highest BCUT2D eigenvalue weighted by Crippen LogP contribution is 2.24. The molecule has 0 amide bonds. The molecule has 0 radical (unpaired) electrons. The van der Waals surface area contributed by atoms with Gasteiger partial charge in [0, 0.05) is 6.42 Å². The van der Waals surface area contributed by atoms with Crippen molar-refractivity contribution in [3.63, 3.8) is 0 Å². The van der Waals surface area contributed by atoms with E-state index in [9.17, 15) is 18.3 Å². The Hall–Kier alpha value is -1.23. The van der Waals surface area contributed by atoms with E-state index in [1.807, 2.05) is 0 Å². The van der Waals surface area contributed by atoms with Crippen LogP contribution in [0.1, 0.15) is 37.0 Å². The Balaban J connectivity index is 2.48. The van der Waals surface area contributed by atoms with Gasteiger partial charge in [-0.05, 0) is 43.5 Å². The molecule has 0 fully saturated rings. The van der Waals surface area contributed by atoms with Crippen molar-refractivity contribution in [3.8, 4) is 5.75 Å². The number of aliphatic hydroxyl groups excluding tert-OH is 1. The second kappa shape index (κ2) is 6.09. The van der Waals surface area contributed by atoms with Crippen LogP contribution in [0.4, 0.5) is 13.2 Å². The topological polar surface area (TPSA) is 29.5 Å². The van der Waals surface area contributed by atoms with Crippen LogP contribution in [0.3, 0.4) is 0 Å². The number of alkyl halides is 3. The third-order valence-corrected chi connectivity index (χ3v) is 2.54. The minimum atomic E-state index is -4.13. The molecule has 1 aromatic rings. The first kappa shape index (κ1) is 14.8. The van der Waals surface area contributed by atoms with E-state index in [0.717, 1.165) is 11.1 Å². The van der Waals surface area contributed by atoms with Gasteiger partial charge in [0.2, 0.25) is 0 Å². The summed E-state index contributed by atoms with van der Waals surface area (Å²) in [6.45, 7) is 3.48. The van der Waals surface area contributed by atoms with Crippen LogP contribution in [-0.4, -0.2) is 17.9 Å². The Labute approximate surface area is 104 Å². The summed E-state index contributed by atoms with van der Waals surface area (Å²) in [7, 11) is 0. The van der Waals surface area contributed by atoms with E-state index >= 15 is 0 Å². The van der Waals surface area contributed by atoms with Gasteiger partial charge in [0.1, 0.15) is 5.75 Å². The molecule has 0 aliphatic heterocycles. The molecule has 0 heterocycles. The highest BCUT2D eigenvalue weighted by atomic mass is 19.4. The van der Waals surface area contributed by atoms with E-state index in [1.165, 1.54) is 0 Å². The van der Waals surface area contributed by atoms with E-state index in [1.54, 1.807) is 32.0 Å². The van der Waals surface area contributed by atoms with Gasteiger partial charge in [-0.25, -0.2) is 0 Å². The zero-order chi connectivity index (χ0) is 13.8. The SMILES string of the molecule is Cc1cc([C@@H](C)O)ccc1OCCCC(F)(F)F. The summed E-state index contributed by atoms with van der Waals surface area (Å²) in [5, 5.41) is 9.38. The number of ether oxygens (including phenoxy) is 1. The van der Waals surface area contributed by atoms with Crippen LogP contribution in [0.15, 0.2) is 18.2 Å². The molecule has 5 heteroatoms. The second-order valence-electron chi connectivity index (χ2n) is 4.27. The van der Waals surface area contributed by atoms with Crippen LogP contribution in [0.2, 0.25) is 0 Å². The molecule has 1 rings (SSSR count). The van der Waals surface area contributed by atoms with Crippen LogP contribution < -0.4 is 4.74 Å². The van der Waals surface area contributed by atoms with Crippen LogP contribution in [0.25, 0.3) is 0 Å². The quantitative estimate of drug-likeness (QED) is 0.818. The number of rotatable bonds is 5. The van der Waals surface area contributed by atoms with E-state index in [4.69, 9.17) is 4.74 Å². The maximum Gasteiger partial charge on any atom is 0.389 e. The maximum absolute atomic E-state index is 11.9. The summed E-state index contributed by atoms with van der Waals surface area (Å²) in [5.41, 5.74) is 1.57. The van der Waals surface area contributed by atoms with Crippen LogP contribution in [-0.2, 0) is 0 Å². The first-order chi connectivity index (χ1) is 8.29. The van der Waals surface area contributed by atoms with Gasteiger partial charge in [0.25, 0.3) is 0 Å². The first-order valence-electron chi connectivity index (χ1n) is 5.78. The molecule has 1 N–H and O–H groups in total. The van der Waals surface area contributed by atoms with Gasteiger partial charge in [-0.15, -0.1) is 0 Å².